The monoisotopic (exact) mass is 166 g/mol. The largest absolute Gasteiger partial charge is 0.366 e. The number of allylic oxidation sites excluding steroid dienone is 1. The van der Waals surface area contributed by atoms with Gasteiger partial charge in [0.15, 0.2) is 0 Å². The summed E-state index contributed by atoms with van der Waals surface area (Å²) in [5.74, 6) is 0. The van der Waals surface area contributed by atoms with E-state index >= 15 is 0 Å². The molecule has 12 heavy (non-hydrogen) atoms. The van der Waals surface area contributed by atoms with Crippen molar-refractivity contribution >= 4 is 0 Å². The summed E-state index contributed by atoms with van der Waals surface area (Å²) in [6.07, 6.45) is 11.7. The molecule has 1 saturated heterocycles. The van der Waals surface area contributed by atoms with Crippen LogP contribution in [0.1, 0.15) is 44.9 Å². The number of rotatable bonds is 4. The fourth-order valence-electron chi connectivity index (χ4n) is 2.44. The summed E-state index contributed by atoms with van der Waals surface area (Å²) in [7, 11) is 0. The van der Waals surface area contributed by atoms with Gasteiger partial charge in [-0.25, -0.2) is 0 Å². The Morgan fingerprint density at radius 3 is 3.17 bits per heavy atom. The molecule has 68 valence electrons. The lowest BCUT2D eigenvalue weighted by atomic mass is 9.85. The van der Waals surface area contributed by atoms with Crippen LogP contribution >= 0.6 is 0 Å². The highest BCUT2D eigenvalue weighted by molar-refractivity contribution is 5.04. The molecule has 2 fully saturated rings. The van der Waals surface area contributed by atoms with Gasteiger partial charge >= 0.3 is 0 Å². The molecule has 1 saturated carbocycles. The van der Waals surface area contributed by atoms with E-state index in [1.165, 1.54) is 38.5 Å². The van der Waals surface area contributed by atoms with Gasteiger partial charge in [0.1, 0.15) is 0 Å². The zero-order valence-electron chi connectivity index (χ0n) is 7.72. The van der Waals surface area contributed by atoms with Crippen LogP contribution in [-0.2, 0) is 4.74 Å². The quantitative estimate of drug-likeness (QED) is 0.355. The molecule has 0 bridgehead atoms. The molecule has 0 aromatic rings. The molecule has 0 aromatic carbocycles. The van der Waals surface area contributed by atoms with Crippen molar-refractivity contribution in [1.29, 1.82) is 0 Å². The Morgan fingerprint density at radius 1 is 1.50 bits per heavy atom. The number of unbranched alkanes of at least 4 members (excludes halogenated alkanes) is 1. The number of ether oxygens (including phenoxy) is 1. The summed E-state index contributed by atoms with van der Waals surface area (Å²) in [4.78, 5) is 0. The third-order valence-electron chi connectivity index (χ3n) is 3.23. The minimum atomic E-state index is 0.348. The van der Waals surface area contributed by atoms with Gasteiger partial charge in [0, 0.05) is 0 Å². The molecule has 0 N–H and O–H groups in total. The Morgan fingerprint density at radius 2 is 2.42 bits per heavy atom. The second-order valence-corrected chi connectivity index (χ2v) is 4.10. The summed E-state index contributed by atoms with van der Waals surface area (Å²) in [6.45, 7) is 3.74. The molecule has 2 unspecified atom stereocenters. The van der Waals surface area contributed by atoms with Crippen LogP contribution in [0.25, 0.3) is 0 Å². The zero-order valence-corrected chi connectivity index (χ0v) is 7.72. The Balaban J connectivity index is 1.76. The Labute approximate surface area is 74.8 Å². The lowest BCUT2D eigenvalue weighted by molar-refractivity contribution is 0.268. The average molecular weight is 166 g/mol. The van der Waals surface area contributed by atoms with Crippen LogP contribution in [0.3, 0.4) is 0 Å². The van der Waals surface area contributed by atoms with E-state index in [2.05, 4.69) is 6.58 Å². The second-order valence-electron chi connectivity index (χ2n) is 4.10. The van der Waals surface area contributed by atoms with E-state index in [-0.39, 0.29) is 0 Å². The Hall–Kier alpha value is -0.300. The number of hydrogen-bond acceptors (Lipinski definition) is 1. The van der Waals surface area contributed by atoms with Gasteiger partial charge in [-0.05, 0) is 32.1 Å². The normalized spacial score (nSPS) is 38.8. The molecule has 0 amide bonds. The van der Waals surface area contributed by atoms with Crippen molar-refractivity contribution in [2.45, 2.75) is 56.7 Å². The first kappa shape index (κ1) is 8.31. The summed E-state index contributed by atoms with van der Waals surface area (Å²) < 4.78 is 5.78. The van der Waals surface area contributed by atoms with E-state index in [4.69, 9.17) is 4.74 Å². The number of epoxide rings is 1. The molecule has 0 aromatic heterocycles. The first-order valence-corrected chi connectivity index (χ1v) is 5.16. The second kappa shape index (κ2) is 3.21. The van der Waals surface area contributed by atoms with Crippen molar-refractivity contribution in [2.75, 3.05) is 0 Å². The van der Waals surface area contributed by atoms with Crippen LogP contribution in [0, 0.1) is 0 Å². The fraction of sp³-hybridized carbons (Fsp3) is 0.818. The van der Waals surface area contributed by atoms with Crippen molar-refractivity contribution in [1.82, 2.24) is 0 Å². The molecule has 1 nitrogen and oxygen atoms in total. The highest BCUT2D eigenvalue weighted by atomic mass is 16.6. The molecule has 1 heteroatoms. The van der Waals surface area contributed by atoms with E-state index in [1.54, 1.807) is 0 Å². The van der Waals surface area contributed by atoms with Crippen LogP contribution in [0.15, 0.2) is 12.7 Å². The maximum absolute atomic E-state index is 5.78. The van der Waals surface area contributed by atoms with Crippen LogP contribution in [0.4, 0.5) is 0 Å². The van der Waals surface area contributed by atoms with Crippen molar-refractivity contribution in [2.24, 2.45) is 0 Å². The van der Waals surface area contributed by atoms with Crippen molar-refractivity contribution in [3.63, 3.8) is 0 Å². The summed E-state index contributed by atoms with van der Waals surface area (Å²) in [5, 5.41) is 0. The molecule has 1 heterocycles. The highest BCUT2D eigenvalue weighted by Gasteiger charge is 2.55. The third-order valence-corrected chi connectivity index (χ3v) is 3.23. The predicted molar refractivity (Wildman–Crippen MR) is 50.1 cm³/mol. The maximum Gasteiger partial charge on any atom is 0.0948 e. The third kappa shape index (κ3) is 1.42. The molecular weight excluding hydrogens is 148 g/mol. The van der Waals surface area contributed by atoms with E-state index < -0.39 is 0 Å². The van der Waals surface area contributed by atoms with Gasteiger partial charge in [-0.3, -0.25) is 0 Å². The number of fused-ring (bicyclic) bond motifs is 1. The van der Waals surface area contributed by atoms with Gasteiger partial charge in [0.25, 0.3) is 0 Å². The van der Waals surface area contributed by atoms with Gasteiger partial charge in [0.05, 0.1) is 11.7 Å². The molecular formula is C11H18O. The summed E-state index contributed by atoms with van der Waals surface area (Å²) in [5.41, 5.74) is 0.348. The maximum atomic E-state index is 5.78. The highest BCUT2D eigenvalue weighted by Crippen LogP contribution is 2.50. The SMILES string of the molecule is C=CCCCC12CCCCC1O2. The molecule has 0 radical (unpaired) electrons. The van der Waals surface area contributed by atoms with Crippen molar-refractivity contribution in [3.8, 4) is 0 Å². The molecule has 1 aliphatic carbocycles. The first-order valence-electron chi connectivity index (χ1n) is 5.16. The summed E-state index contributed by atoms with van der Waals surface area (Å²) in [6, 6.07) is 0. The standard InChI is InChI=1S/C11H18O/c1-2-3-5-8-11-9-6-4-7-10(11)12-11/h2,10H,1,3-9H2. The van der Waals surface area contributed by atoms with Gasteiger partial charge in [0.2, 0.25) is 0 Å². The number of hydrogen-bond donors (Lipinski definition) is 0. The van der Waals surface area contributed by atoms with Crippen LogP contribution in [0.5, 0.6) is 0 Å². The summed E-state index contributed by atoms with van der Waals surface area (Å²) >= 11 is 0. The van der Waals surface area contributed by atoms with E-state index in [0.29, 0.717) is 11.7 Å². The van der Waals surface area contributed by atoms with Crippen molar-refractivity contribution < 1.29 is 4.74 Å². The molecule has 2 rings (SSSR count). The molecule has 0 spiro atoms. The fourth-order valence-corrected chi connectivity index (χ4v) is 2.44. The van der Waals surface area contributed by atoms with Gasteiger partial charge in [-0.2, -0.15) is 0 Å². The minimum absolute atomic E-state index is 0.348. The lowest BCUT2D eigenvalue weighted by Gasteiger charge is -2.16. The van der Waals surface area contributed by atoms with E-state index in [9.17, 15) is 0 Å². The zero-order chi connectivity index (χ0) is 8.44. The minimum Gasteiger partial charge on any atom is -0.366 e. The van der Waals surface area contributed by atoms with Crippen LogP contribution < -0.4 is 0 Å². The smallest absolute Gasteiger partial charge is 0.0948 e. The predicted octanol–water partition coefficient (Wildman–Crippen LogP) is 3.05. The van der Waals surface area contributed by atoms with Gasteiger partial charge in [-0.15, -0.1) is 6.58 Å². The Kier molecular flexibility index (Phi) is 2.22. The topological polar surface area (TPSA) is 12.5 Å². The van der Waals surface area contributed by atoms with Crippen molar-refractivity contribution in [3.05, 3.63) is 12.7 Å². The van der Waals surface area contributed by atoms with Gasteiger partial charge in [-0.1, -0.05) is 18.9 Å². The molecule has 2 atom stereocenters. The lowest BCUT2D eigenvalue weighted by Crippen LogP contribution is -2.18. The molecule has 2 aliphatic rings. The van der Waals surface area contributed by atoms with E-state index in [1.807, 2.05) is 6.08 Å². The van der Waals surface area contributed by atoms with Crippen LogP contribution in [-0.4, -0.2) is 11.7 Å². The van der Waals surface area contributed by atoms with Gasteiger partial charge < -0.3 is 4.74 Å². The average Bonchev–Trinajstić information content (AvgIpc) is 2.79. The first-order chi connectivity index (χ1) is 5.87. The van der Waals surface area contributed by atoms with Crippen LogP contribution in [0.2, 0.25) is 0 Å². The Bertz CT molecular complexity index is 176. The van der Waals surface area contributed by atoms with E-state index in [0.717, 1.165) is 6.42 Å². The molecule has 1 aliphatic heterocycles.